The molecule has 0 unspecified atom stereocenters. The Kier molecular flexibility index (Phi) is 3.87. The van der Waals surface area contributed by atoms with Crippen molar-refractivity contribution in [3.05, 3.63) is 0 Å². The number of likely N-dealkylation sites (N-methyl/N-ethyl adjacent to an activating group) is 1. The van der Waals surface area contributed by atoms with Crippen molar-refractivity contribution >= 4 is 17.7 Å². The summed E-state index contributed by atoms with van der Waals surface area (Å²) in [6, 6.07) is -1.11. The molecule has 1 aliphatic rings. The van der Waals surface area contributed by atoms with Crippen molar-refractivity contribution < 1.29 is 14.4 Å². The zero-order valence-electron chi connectivity index (χ0n) is 9.53. The number of hydrogen-bond acceptors (Lipinski definition) is 3. The highest BCUT2D eigenvalue weighted by Gasteiger charge is 2.31. The molecule has 1 aliphatic heterocycles. The van der Waals surface area contributed by atoms with E-state index in [0.717, 1.165) is 0 Å². The number of nitrogens with one attached hydrogen (secondary N) is 1. The zero-order chi connectivity index (χ0) is 12.3. The average molecular weight is 227 g/mol. The fraction of sp³-hybridized carbons (Fsp3) is 0.700. The smallest absolute Gasteiger partial charge is 0.243 e. The van der Waals surface area contributed by atoms with Crippen LogP contribution in [0.15, 0.2) is 0 Å². The molecule has 0 aromatic carbocycles. The van der Waals surface area contributed by atoms with E-state index in [9.17, 15) is 14.4 Å². The van der Waals surface area contributed by atoms with E-state index in [1.54, 1.807) is 7.05 Å². The van der Waals surface area contributed by atoms with Gasteiger partial charge in [0.15, 0.2) is 0 Å². The molecule has 16 heavy (non-hydrogen) atoms. The number of nitrogens with zero attached hydrogens (tertiary/aromatic N) is 1. The molecule has 1 rings (SSSR count). The van der Waals surface area contributed by atoms with Crippen LogP contribution in [0.2, 0.25) is 0 Å². The summed E-state index contributed by atoms with van der Waals surface area (Å²) < 4.78 is 0. The predicted molar refractivity (Wildman–Crippen MR) is 57.2 cm³/mol. The lowest BCUT2D eigenvalue weighted by molar-refractivity contribution is -0.138. The Balaban J connectivity index is 2.73. The van der Waals surface area contributed by atoms with Gasteiger partial charge in [-0.1, -0.05) is 0 Å². The van der Waals surface area contributed by atoms with Crippen molar-refractivity contribution in [2.24, 2.45) is 5.73 Å². The standard InChI is InChI=1S/C10H17N3O3/c1-6(14)13(2)8-5-3-4-7(9(11)15)12-10(8)16/h7-8H,3-5H2,1-2H3,(H2,11,15)(H,12,16)/t7-,8-/m0/s1. The highest BCUT2D eigenvalue weighted by atomic mass is 16.2. The average Bonchev–Trinajstić information content (AvgIpc) is 2.38. The first-order valence-electron chi connectivity index (χ1n) is 5.26. The van der Waals surface area contributed by atoms with Crippen molar-refractivity contribution in [2.75, 3.05) is 7.05 Å². The summed E-state index contributed by atoms with van der Waals surface area (Å²) in [7, 11) is 1.58. The van der Waals surface area contributed by atoms with Crippen LogP contribution in [0.25, 0.3) is 0 Å². The highest BCUT2D eigenvalue weighted by molar-refractivity contribution is 5.91. The Morgan fingerprint density at radius 1 is 1.44 bits per heavy atom. The molecule has 1 heterocycles. The van der Waals surface area contributed by atoms with Crippen LogP contribution in [0.1, 0.15) is 26.2 Å². The van der Waals surface area contributed by atoms with Gasteiger partial charge in [-0.15, -0.1) is 0 Å². The van der Waals surface area contributed by atoms with Crippen molar-refractivity contribution in [3.8, 4) is 0 Å². The number of hydrogen-bond donors (Lipinski definition) is 2. The lowest BCUT2D eigenvalue weighted by atomic mass is 10.1. The van der Waals surface area contributed by atoms with Crippen molar-refractivity contribution in [3.63, 3.8) is 0 Å². The van der Waals surface area contributed by atoms with Gasteiger partial charge in [-0.3, -0.25) is 14.4 Å². The summed E-state index contributed by atoms with van der Waals surface area (Å²) in [6.07, 6.45) is 1.78. The van der Waals surface area contributed by atoms with Gasteiger partial charge in [-0.2, -0.15) is 0 Å². The van der Waals surface area contributed by atoms with E-state index in [0.29, 0.717) is 19.3 Å². The number of rotatable bonds is 2. The Bertz CT molecular complexity index is 316. The minimum atomic E-state index is -0.613. The van der Waals surface area contributed by atoms with Gasteiger partial charge in [0, 0.05) is 14.0 Å². The summed E-state index contributed by atoms with van der Waals surface area (Å²) in [5.41, 5.74) is 5.15. The molecule has 6 heteroatoms. The summed E-state index contributed by atoms with van der Waals surface area (Å²) in [5, 5.41) is 2.56. The van der Waals surface area contributed by atoms with E-state index < -0.39 is 18.0 Å². The Hall–Kier alpha value is -1.59. The van der Waals surface area contributed by atoms with Gasteiger partial charge in [-0.05, 0) is 19.3 Å². The van der Waals surface area contributed by atoms with E-state index in [2.05, 4.69) is 5.32 Å². The third-order valence-corrected chi connectivity index (χ3v) is 2.90. The zero-order valence-corrected chi connectivity index (χ0v) is 9.53. The fourth-order valence-electron chi connectivity index (χ4n) is 1.79. The second-order valence-corrected chi connectivity index (χ2v) is 4.04. The molecule has 0 spiro atoms. The van der Waals surface area contributed by atoms with Gasteiger partial charge in [0.05, 0.1) is 0 Å². The van der Waals surface area contributed by atoms with Crippen molar-refractivity contribution in [1.29, 1.82) is 0 Å². The number of primary amides is 1. The number of carbonyl (C=O) groups excluding carboxylic acids is 3. The second kappa shape index (κ2) is 4.96. The van der Waals surface area contributed by atoms with Crippen LogP contribution in [0.4, 0.5) is 0 Å². The molecule has 90 valence electrons. The molecule has 2 atom stereocenters. The minimum absolute atomic E-state index is 0.169. The van der Waals surface area contributed by atoms with Crippen LogP contribution in [0.5, 0.6) is 0 Å². The van der Waals surface area contributed by atoms with E-state index in [1.165, 1.54) is 11.8 Å². The number of carbonyl (C=O) groups is 3. The van der Waals surface area contributed by atoms with Crippen LogP contribution in [0, 0.1) is 0 Å². The van der Waals surface area contributed by atoms with Crippen molar-refractivity contribution in [1.82, 2.24) is 10.2 Å². The maximum Gasteiger partial charge on any atom is 0.243 e. The highest BCUT2D eigenvalue weighted by Crippen LogP contribution is 2.14. The fourth-order valence-corrected chi connectivity index (χ4v) is 1.79. The largest absolute Gasteiger partial charge is 0.368 e. The maximum atomic E-state index is 11.8. The summed E-state index contributed by atoms with van der Waals surface area (Å²) in [5.74, 6) is -1.00. The molecule has 0 aromatic rings. The quantitative estimate of drug-likeness (QED) is 0.633. The molecule has 3 N–H and O–H groups in total. The van der Waals surface area contributed by atoms with Crippen LogP contribution in [0.3, 0.4) is 0 Å². The molecular formula is C10H17N3O3. The molecular weight excluding hydrogens is 210 g/mol. The molecule has 0 aromatic heterocycles. The molecule has 3 amide bonds. The third kappa shape index (κ3) is 2.71. The lowest BCUT2D eigenvalue weighted by Gasteiger charge is -2.24. The van der Waals surface area contributed by atoms with Crippen LogP contribution in [-0.4, -0.2) is 41.8 Å². The van der Waals surface area contributed by atoms with E-state index >= 15 is 0 Å². The molecule has 0 saturated carbocycles. The first kappa shape index (κ1) is 12.5. The van der Waals surface area contributed by atoms with Gasteiger partial charge in [0.25, 0.3) is 0 Å². The lowest BCUT2D eigenvalue weighted by Crippen LogP contribution is -2.50. The monoisotopic (exact) mass is 227 g/mol. The van der Waals surface area contributed by atoms with Gasteiger partial charge in [0.1, 0.15) is 12.1 Å². The van der Waals surface area contributed by atoms with E-state index in [-0.39, 0.29) is 11.8 Å². The first-order valence-corrected chi connectivity index (χ1v) is 5.26. The normalized spacial score (nSPS) is 25.5. The predicted octanol–water partition coefficient (Wildman–Crippen LogP) is -1.01. The SMILES string of the molecule is CC(=O)N(C)[C@H]1CCC[C@@H](C(N)=O)NC1=O. The van der Waals surface area contributed by atoms with Crippen molar-refractivity contribution in [2.45, 2.75) is 38.3 Å². The Labute approximate surface area is 94.2 Å². The molecule has 6 nitrogen and oxygen atoms in total. The first-order chi connectivity index (χ1) is 7.43. The molecule has 0 radical (unpaired) electrons. The molecule has 1 saturated heterocycles. The Morgan fingerprint density at radius 3 is 2.56 bits per heavy atom. The number of nitrogens with two attached hydrogens (primary N) is 1. The summed E-state index contributed by atoms with van der Waals surface area (Å²) in [6.45, 7) is 1.41. The molecule has 1 fully saturated rings. The van der Waals surface area contributed by atoms with E-state index in [1.807, 2.05) is 0 Å². The second-order valence-electron chi connectivity index (χ2n) is 4.04. The Morgan fingerprint density at radius 2 is 2.06 bits per heavy atom. The van der Waals surface area contributed by atoms with Gasteiger partial charge < -0.3 is 16.0 Å². The van der Waals surface area contributed by atoms with Crippen LogP contribution < -0.4 is 11.1 Å². The van der Waals surface area contributed by atoms with Gasteiger partial charge in [-0.25, -0.2) is 0 Å². The summed E-state index contributed by atoms with van der Waals surface area (Å²) in [4.78, 5) is 35.3. The minimum Gasteiger partial charge on any atom is -0.368 e. The maximum absolute atomic E-state index is 11.8. The van der Waals surface area contributed by atoms with Crippen LogP contribution >= 0.6 is 0 Å². The van der Waals surface area contributed by atoms with E-state index in [4.69, 9.17) is 5.73 Å². The summed E-state index contributed by atoms with van der Waals surface area (Å²) >= 11 is 0. The van der Waals surface area contributed by atoms with Gasteiger partial charge in [0.2, 0.25) is 17.7 Å². The van der Waals surface area contributed by atoms with Gasteiger partial charge >= 0.3 is 0 Å². The number of amides is 3. The third-order valence-electron chi connectivity index (χ3n) is 2.90. The van der Waals surface area contributed by atoms with Crippen LogP contribution in [-0.2, 0) is 14.4 Å². The molecule has 0 aliphatic carbocycles. The molecule has 0 bridgehead atoms. The topological polar surface area (TPSA) is 92.5 Å².